The van der Waals surface area contributed by atoms with Gasteiger partial charge in [-0.3, -0.25) is 0 Å². The van der Waals surface area contributed by atoms with Crippen LogP contribution >= 0.6 is 15.9 Å². The minimum absolute atomic E-state index is 0.336. The van der Waals surface area contributed by atoms with Crippen LogP contribution in [0.2, 0.25) is 0 Å². The number of nitrogens with zero attached hydrogens (tertiary/aromatic N) is 2. The molecular formula is C21H29BrN2O2S. The highest BCUT2D eigenvalue weighted by atomic mass is 79.9. The van der Waals surface area contributed by atoms with Crippen molar-refractivity contribution in [2.24, 2.45) is 0 Å². The molecule has 2 aromatic carbocycles. The maximum absolute atomic E-state index is 13.2. The highest BCUT2D eigenvalue weighted by Crippen LogP contribution is 2.22. The van der Waals surface area contributed by atoms with Crippen molar-refractivity contribution >= 4 is 26.0 Å². The molecule has 0 spiro atoms. The summed E-state index contributed by atoms with van der Waals surface area (Å²) in [5.74, 6) is 0. The molecule has 0 saturated heterocycles. The van der Waals surface area contributed by atoms with Crippen molar-refractivity contribution in [2.75, 3.05) is 27.2 Å². The second kappa shape index (κ2) is 9.82. The van der Waals surface area contributed by atoms with Gasteiger partial charge in [0.25, 0.3) is 0 Å². The third kappa shape index (κ3) is 6.71. The first-order chi connectivity index (χ1) is 12.7. The van der Waals surface area contributed by atoms with Crippen LogP contribution < -0.4 is 0 Å². The van der Waals surface area contributed by atoms with E-state index in [0.29, 0.717) is 18.0 Å². The van der Waals surface area contributed by atoms with Crippen LogP contribution in [0.1, 0.15) is 29.5 Å². The molecule has 2 rings (SSSR count). The van der Waals surface area contributed by atoms with Gasteiger partial charge in [0.15, 0.2) is 0 Å². The van der Waals surface area contributed by atoms with Crippen LogP contribution in [0, 0.1) is 13.8 Å². The molecule has 0 aliphatic heterocycles. The second-order valence-electron chi connectivity index (χ2n) is 7.30. The van der Waals surface area contributed by atoms with Crippen molar-refractivity contribution in [2.45, 2.75) is 38.1 Å². The van der Waals surface area contributed by atoms with Gasteiger partial charge in [0.1, 0.15) is 0 Å². The van der Waals surface area contributed by atoms with Gasteiger partial charge < -0.3 is 4.90 Å². The zero-order valence-corrected chi connectivity index (χ0v) is 19.0. The van der Waals surface area contributed by atoms with Gasteiger partial charge in [0.05, 0.1) is 4.90 Å². The molecule has 0 fully saturated rings. The maximum Gasteiger partial charge on any atom is 0.243 e. The Morgan fingerprint density at radius 3 is 2.00 bits per heavy atom. The van der Waals surface area contributed by atoms with E-state index in [1.807, 2.05) is 27.9 Å². The second-order valence-corrected chi connectivity index (χ2v) is 10.2. The lowest BCUT2D eigenvalue weighted by molar-refractivity contribution is 0.358. The van der Waals surface area contributed by atoms with E-state index in [9.17, 15) is 8.42 Å². The zero-order valence-electron chi connectivity index (χ0n) is 16.6. The van der Waals surface area contributed by atoms with Gasteiger partial charge in [0, 0.05) is 17.6 Å². The molecule has 4 nitrogen and oxygen atoms in total. The van der Waals surface area contributed by atoms with Crippen molar-refractivity contribution in [1.82, 2.24) is 9.21 Å². The molecule has 27 heavy (non-hydrogen) atoms. The van der Waals surface area contributed by atoms with Gasteiger partial charge in [0.2, 0.25) is 10.0 Å². The summed E-state index contributed by atoms with van der Waals surface area (Å²) in [5, 5.41) is 0. The molecule has 0 N–H and O–H groups in total. The molecule has 0 atom stereocenters. The standard InChI is InChI=1S/C21H29BrN2O2S/c1-17-13-18(2)15-19(14-17)16-24(12-6-5-11-23(3)4)27(25,26)21-9-7-20(22)8-10-21/h7-10,13-15H,5-6,11-12,16H2,1-4H3. The monoisotopic (exact) mass is 452 g/mol. The predicted octanol–water partition coefficient (Wildman–Crippen LogP) is 4.60. The normalized spacial score (nSPS) is 12.1. The number of sulfonamides is 1. The van der Waals surface area contributed by atoms with Crippen molar-refractivity contribution in [3.63, 3.8) is 0 Å². The number of hydrogen-bond donors (Lipinski definition) is 0. The van der Waals surface area contributed by atoms with Crippen molar-refractivity contribution in [3.05, 3.63) is 63.6 Å². The Morgan fingerprint density at radius 1 is 0.889 bits per heavy atom. The van der Waals surface area contributed by atoms with Crippen molar-refractivity contribution in [3.8, 4) is 0 Å². The van der Waals surface area contributed by atoms with Crippen LogP contribution in [0.3, 0.4) is 0 Å². The van der Waals surface area contributed by atoms with Crippen LogP contribution in [-0.4, -0.2) is 44.8 Å². The molecule has 0 aromatic heterocycles. The first-order valence-electron chi connectivity index (χ1n) is 9.16. The first-order valence-corrected chi connectivity index (χ1v) is 11.4. The average molecular weight is 453 g/mol. The Morgan fingerprint density at radius 2 is 1.44 bits per heavy atom. The SMILES string of the molecule is Cc1cc(C)cc(CN(CCCCN(C)C)S(=O)(=O)c2ccc(Br)cc2)c1. The molecule has 2 aromatic rings. The van der Waals surface area contributed by atoms with Gasteiger partial charge in [-0.05, 0) is 77.2 Å². The minimum Gasteiger partial charge on any atom is -0.309 e. The van der Waals surface area contributed by atoms with Crippen LogP contribution in [-0.2, 0) is 16.6 Å². The van der Waals surface area contributed by atoms with Crippen molar-refractivity contribution in [1.29, 1.82) is 0 Å². The van der Waals surface area contributed by atoms with Crippen LogP contribution in [0.5, 0.6) is 0 Å². The summed E-state index contributed by atoms with van der Waals surface area (Å²) in [6.45, 7) is 5.94. The molecule has 0 amide bonds. The van der Waals surface area contributed by atoms with E-state index < -0.39 is 10.0 Å². The summed E-state index contributed by atoms with van der Waals surface area (Å²) < 4.78 is 29.0. The lowest BCUT2D eigenvalue weighted by atomic mass is 10.1. The van der Waals surface area contributed by atoms with Gasteiger partial charge in [-0.25, -0.2) is 8.42 Å². The van der Waals surface area contributed by atoms with Gasteiger partial charge in [-0.15, -0.1) is 0 Å². The summed E-state index contributed by atoms with van der Waals surface area (Å²) in [7, 11) is 0.524. The molecule has 0 radical (unpaired) electrons. The molecular weight excluding hydrogens is 424 g/mol. The fraction of sp³-hybridized carbons (Fsp3) is 0.429. The van der Waals surface area contributed by atoms with E-state index in [0.717, 1.165) is 40.5 Å². The topological polar surface area (TPSA) is 40.6 Å². The molecule has 0 heterocycles. The molecule has 0 unspecified atom stereocenters. The third-order valence-corrected chi connectivity index (χ3v) is 6.74. The fourth-order valence-corrected chi connectivity index (χ4v) is 4.85. The quantitative estimate of drug-likeness (QED) is 0.521. The fourth-order valence-electron chi connectivity index (χ4n) is 3.12. The Hall–Kier alpha value is -1.21. The van der Waals surface area contributed by atoms with Gasteiger partial charge >= 0.3 is 0 Å². The van der Waals surface area contributed by atoms with Crippen molar-refractivity contribution < 1.29 is 8.42 Å². The van der Waals surface area contributed by atoms with E-state index in [1.54, 1.807) is 28.6 Å². The number of aryl methyl sites for hydroxylation is 2. The Kier molecular flexibility index (Phi) is 8.04. The predicted molar refractivity (Wildman–Crippen MR) is 115 cm³/mol. The summed E-state index contributed by atoms with van der Waals surface area (Å²) in [6.07, 6.45) is 1.80. The number of rotatable bonds is 9. The van der Waals surface area contributed by atoms with E-state index in [-0.39, 0.29) is 0 Å². The highest BCUT2D eigenvalue weighted by molar-refractivity contribution is 9.10. The Balaban J connectivity index is 2.26. The van der Waals surface area contributed by atoms with Crippen LogP contribution in [0.4, 0.5) is 0 Å². The smallest absolute Gasteiger partial charge is 0.243 e. The van der Waals surface area contributed by atoms with Crippen LogP contribution in [0.15, 0.2) is 51.8 Å². The maximum atomic E-state index is 13.2. The van der Waals surface area contributed by atoms with Gasteiger partial charge in [-0.2, -0.15) is 4.31 Å². The lowest BCUT2D eigenvalue weighted by Gasteiger charge is -2.23. The number of unbranched alkanes of at least 4 members (excludes halogenated alkanes) is 1. The average Bonchev–Trinajstić information content (AvgIpc) is 2.56. The molecule has 0 saturated carbocycles. The largest absolute Gasteiger partial charge is 0.309 e. The zero-order chi connectivity index (χ0) is 20.0. The molecule has 6 heteroatoms. The summed E-state index contributed by atoms with van der Waals surface area (Å²) in [5.41, 5.74) is 3.33. The number of halogens is 1. The first kappa shape index (κ1) is 22.1. The molecule has 0 aliphatic carbocycles. The van der Waals surface area contributed by atoms with Crippen LogP contribution in [0.25, 0.3) is 0 Å². The highest BCUT2D eigenvalue weighted by Gasteiger charge is 2.24. The van der Waals surface area contributed by atoms with E-state index in [1.165, 1.54) is 0 Å². The van der Waals surface area contributed by atoms with E-state index in [2.05, 4.69) is 39.0 Å². The van der Waals surface area contributed by atoms with Gasteiger partial charge in [-0.1, -0.05) is 45.3 Å². The summed E-state index contributed by atoms with van der Waals surface area (Å²) in [6, 6.07) is 13.1. The summed E-state index contributed by atoms with van der Waals surface area (Å²) >= 11 is 3.37. The summed E-state index contributed by atoms with van der Waals surface area (Å²) in [4.78, 5) is 2.46. The lowest BCUT2D eigenvalue weighted by Crippen LogP contribution is -2.32. The molecule has 148 valence electrons. The van der Waals surface area contributed by atoms with E-state index in [4.69, 9.17) is 0 Å². The van der Waals surface area contributed by atoms with E-state index >= 15 is 0 Å². The molecule has 0 bridgehead atoms. The number of benzene rings is 2. The third-order valence-electron chi connectivity index (χ3n) is 4.35. The number of hydrogen-bond acceptors (Lipinski definition) is 3. The minimum atomic E-state index is -3.54. The Labute approximate surface area is 172 Å². The molecule has 0 aliphatic rings. The Bertz CT molecular complexity index is 829.